The number of hydrogen-bond donors (Lipinski definition) is 2. The van der Waals surface area contributed by atoms with E-state index in [4.69, 9.17) is 5.11 Å². The topological polar surface area (TPSA) is 52.6 Å². The summed E-state index contributed by atoms with van der Waals surface area (Å²) in [5, 5.41) is 11.7. The van der Waals surface area contributed by atoms with E-state index in [-0.39, 0.29) is 12.5 Å². The van der Waals surface area contributed by atoms with E-state index < -0.39 is 11.8 Å². The van der Waals surface area contributed by atoms with Gasteiger partial charge < -0.3 is 10.4 Å². The Balaban J connectivity index is 2.48. The van der Waals surface area contributed by atoms with Crippen LogP contribution >= 0.6 is 0 Å². The van der Waals surface area contributed by atoms with Gasteiger partial charge in [0.2, 0.25) is 0 Å². The Bertz CT molecular complexity index is 215. The van der Waals surface area contributed by atoms with Crippen LogP contribution in [0.15, 0.2) is 0 Å². The number of carboxylic acids is 1. The van der Waals surface area contributed by atoms with Crippen LogP contribution in [0.2, 0.25) is 0 Å². The van der Waals surface area contributed by atoms with Crippen LogP contribution in [0.25, 0.3) is 0 Å². The quantitative estimate of drug-likeness (QED) is 0.655. The summed E-state index contributed by atoms with van der Waals surface area (Å²) in [5.41, 5.74) is 0. The van der Waals surface area contributed by atoms with Crippen molar-refractivity contribution in [3.05, 3.63) is 0 Å². The van der Waals surface area contributed by atoms with Crippen molar-refractivity contribution in [2.24, 2.45) is 0 Å². The normalized spacial score (nSPS) is 24.9. The maximum atomic E-state index is 13.5. The van der Waals surface area contributed by atoms with Gasteiger partial charge in [0.1, 0.15) is 0 Å². The first-order chi connectivity index (χ1) is 6.39. The van der Waals surface area contributed by atoms with Crippen molar-refractivity contribution in [3.8, 4) is 0 Å². The highest BCUT2D eigenvalue weighted by atomic mass is 19.1. The zero-order chi connectivity index (χ0) is 10.8. The molecule has 0 saturated carbocycles. The van der Waals surface area contributed by atoms with Crippen LogP contribution < -0.4 is 5.32 Å². The summed E-state index contributed by atoms with van der Waals surface area (Å²) in [6.07, 6.45) is 0.0482. The fourth-order valence-electron chi connectivity index (χ4n) is 1.66. The number of halogens is 1. The van der Waals surface area contributed by atoms with Crippen molar-refractivity contribution in [3.63, 3.8) is 0 Å². The van der Waals surface area contributed by atoms with Gasteiger partial charge in [0.15, 0.2) is 5.79 Å². The molecule has 0 spiro atoms. The molecule has 0 aromatic rings. The fourth-order valence-corrected chi connectivity index (χ4v) is 1.66. The molecule has 1 atom stereocenters. The van der Waals surface area contributed by atoms with Crippen LogP contribution in [0.1, 0.15) is 20.3 Å². The second-order valence-electron chi connectivity index (χ2n) is 4.10. The van der Waals surface area contributed by atoms with Gasteiger partial charge in [-0.15, -0.1) is 0 Å². The largest absolute Gasteiger partial charge is 0.481 e. The highest BCUT2D eigenvalue weighted by molar-refractivity contribution is 5.67. The van der Waals surface area contributed by atoms with Gasteiger partial charge >= 0.3 is 5.97 Å². The molecule has 0 aromatic carbocycles. The van der Waals surface area contributed by atoms with Gasteiger partial charge in [0.25, 0.3) is 0 Å². The number of aliphatic carboxylic acids is 1. The number of rotatable bonds is 3. The van der Waals surface area contributed by atoms with Gasteiger partial charge in [-0.3, -0.25) is 9.69 Å². The molecule has 0 bridgehead atoms. The molecule has 1 aliphatic heterocycles. The van der Waals surface area contributed by atoms with E-state index in [0.717, 1.165) is 0 Å². The number of nitrogens with zero attached hydrogens (tertiary/aromatic N) is 1. The van der Waals surface area contributed by atoms with Crippen LogP contribution in [-0.2, 0) is 4.79 Å². The average Bonchev–Trinajstić information content (AvgIpc) is 2.01. The predicted octanol–water partition coefficient (Wildman–Crippen LogP) is 0.440. The molecule has 1 rings (SSSR count). The Morgan fingerprint density at radius 2 is 2.36 bits per heavy atom. The summed E-state index contributed by atoms with van der Waals surface area (Å²) in [4.78, 5) is 12.1. The molecule has 5 heteroatoms. The number of hydrogen-bond acceptors (Lipinski definition) is 3. The Morgan fingerprint density at radius 1 is 1.71 bits per heavy atom. The summed E-state index contributed by atoms with van der Waals surface area (Å²) in [7, 11) is 0. The zero-order valence-electron chi connectivity index (χ0n) is 8.59. The highest BCUT2D eigenvalue weighted by Crippen LogP contribution is 2.18. The molecule has 1 saturated heterocycles. The Kier molecular flexibility index (Phi) is 3.44. The third kappa shape index (κ3) is 3.23. The fraction of sp³-hybridized carbons (Fsp3) is 0.889. The minimum atomic E-state index is -1.36. The lowest BCUT2D eigenvalue weighted by Gasteiger charge is -2.38. The highest BCUT2D eigenvalue weighted by Gasteiger charge is 2.31. The number of piperazine rings is 1. The summed E-state index contributed by atoms with van der Waals surface area (Å²) in [5.74, 6) is -2.21. The second-order valence-corrected chi connectivity index (χ2v) is 4.10. The molecular formula is C9H17FN2O2. The number of nitrogens with one attached hydrogen (secondary N) is 1. The molecule has 0 aromatic heterocycles. The van der Waals surface area contributed by atoms with Crippen molar-refractivity contribution in [1.29, 1.82) is 0 Å². The first-order valence-electron chi connectivity index (χ1n) is 4.79. The Morgan fingerprint density at radius 3 is 2.86 bits per heavy atom. The molecule has 1 heterocycles. The first kappa shape index (κ1) is 11.4. The lowest BCUT2D eigenvalue weighted by Crippen LogP contribution is -2.56. The van der Waals surface area contributed by atoms with Crippen LogP contribution in [0.3, 0.4) is 0 Å². The third-order valence-electron chi connectivity index (χ3n) is 2.43. The van der Waals surface area contributed by atoms with Crippen molar-refractivity contribution in [2.45, 2.75) is 32.1 Å². The van der Waals surface area contributed by atoms with Crippen LogP contribution in [0.5, 0.6) is 0 Å². The van der Waals surface area contributed by atoms with E-state index in [9.17, 15) is 9.18 Å². The van der Waals surface area contributed by atoms with E-state index in [1.807, 2.05) is 0 Å². The van der Waals surface area contributed by atoms with Crippen molar-refractivity contribution in [1.82, 2.24) is 10.2 Å². The number of carbonyl (C=O) groups is 1. The molecule has 4 nitrogen and oxygen atoms in total. The van der Waals surface area contributed by atoms with Gasteiger partial charge in [-0.05, 0) is 13.8 Å². The molecule has 1 fully saturated rings. The van der Waals surface area contributed by atoms with Gasteiger partial charge in [-0.25, -0.2) is 4.39 Å². The molecule has 2 N–H and O–H groups in total. The maximum absolute atomic E-state index is 13.5. The maximum Gasteiger partial charge on any atom is 0.304 e. The van der Waals surface area contributed by atoms with Gasteiger partial charge in [-0.1, -0.05) is 0 Å². The number of carboxylic acid groups (broad SMARTS) is 1. The SMILES string of the molecule is CC(C)(F)N1CCNC(CC(=O)O)C1. The lowest BCUT2D eigenvalue weighted by molar-refractivity contribution is -0.138. The van der Waals surface area contributed by atoms with Gasteiger partial charge in [0, 0.05) is 25.7 Å². The van der Waals surface area contributed by atoms with Crippen LogP contribution in [0, 0.1) is 0 Å². The molecule has 0 amide bonds. The average molecular weight is 204 g/mol. The summed E-state index contributed by atoms with van der Waals surface area (Å²) in [6.45, 7) is 4.72. The molecule has 14 heavy (non-hydrogen) atoms. The van der Waals surface area contributed by atoms with Crippen molar-refractivity contribution < 1.29 is 14.3 Å². The van der Waals surface area contributed by atoms with E-state index in [2.05, 4.69) is 5.32 Å². The number of alkyl halides is 1. The molecule has 1 aliphatic rings. The van der Waals surface area contributed by atoms with E-state index >= 15 is 0 Å². The molecular weight excluding hydrogens is 187 g/mol. The minimum Gasteiger partial charge on any atom is -0.481 e. The monoisotopic (exact) mass is 204 g/mol. The van der Waals surface area contributed by atoms with Crippen molar-refractivity contribution in [2.75, 3.05) is 19.6 Å². The van der Waals surface area contributed by atoms with E-state index in [1.165, 1.54) is 13.8 Å². The summed E-state index contributed by atoms with van der Waals surface area (Å²) >= 11 is 0. The first-order valence-corrected chi connectivity index (χ1v) is 4.79. The molecule has 1 unspecified atom stereocenters. The second kappa shape index (κ2) is 4.23. The third-order valence-corrected chi connectivity index (χ3v) is 2.43. The minimum absolute atomic E-state index is 0.0482. The Labute approximate surface area is 83.1 Å². The van der Waals surface area contributed by atoms with Gasteiger partial charge in [-0.2, -0.15) is 0 Å². The zero-order valence-corrected chi connectivity index (χ0v) is 8.59. The summed E-state index contributed by atoms with van der Waals surface area (Å²) < 4.78 is 13.5. The lowest BCUT2D eigenvalue weighted by atomic mass is 10.1. The standard InChI is InChI=1S/C9H17FN2O2/c1-9(2,10)12-4-3-11-7(6-12)5-8(13)14/h7,11H,3-6H2,1-2H3,(H,13,14). The van der Waals surface area contributed by atoms with E-state index in [0.29, 0.717) is 19.6 Å². The van der Waals surface area contributed by atoms with Crippen LogP contribution in [-0.4, -0.2) is 47.4 Å². The smallest absolute Gasteiger partial charge is 0.304 e. The van der Waals surface area contributed by atoms with E-state index in [1.54, 1.807) is 4.90 Å². The Hall–Kier alpha value is -0.680. The van der Waals surface area contributed by atoms with Crippen molar-refractivity contribution >= 4 is 5.97 Å². The molecule has 0 aliphatic carbocycles. The van der Waals surface area contributed by atoms with Gasteiger partial charge in [0.05, 0.1) is 6.42 Å². The molecule has 82 valence electrons. The predicted molar refractivity (Wildman–Crippen MR) is 50.8 cm³/mol. The summed E-state index contributed by atoms with van der Waals surface area (Å²) in [6, 6.07) is -0.142. The molecule has 0 radical (unpaired) electrons. The van der Waals surface area contributed by atoms with Crippen LogP contribution in [0.4, 0.5) is 4.39 Å².